The van der Waals surface area contributed by atoms with E-state index in [1.807, 2.05) is 0 Å². The smallest absolute Gasteiger partial charge is 0.332 e. The van der Waals surface area contributed by atoms with E-state index in [1.54, 1.807) is 35.6 Å². The van der Waals surface area contributed by atoms with E-state index in [-0.39, 0.29) is 26.0 Å². The first kappa shape index (κ1) is 19.7. The van der Waals surface area contributed by atoms with Gasteiger partial charge in [-0.2, -0.15) is 0 Å². The number of rotatable bonds is 5. The van der Waals surface area contributed by atoms with Crippen LogP contribution in [0.25, 0.3) is 11.2 Å². The topological polar surface area (TPSA) is 94.3 Å². The van der Waals surface area contributed by atoms with E-state index in [9.17, 15) is 14.0 Å². The molecule has 0 fully saturated rings. The highest BCUT2D eigenvalue weighted by Crippen LogP contribution is 2.15. The van der Waals surface area contributed by atoms with Crippen LogP contribution in [-0.4, -0.2) is 42.4 Å². The molecule has 0 saturated heterocycles. The van der Waals surface area contributed by atoms with Crippen LogP contribution in [0.5, 0.6) is 0 Å². The van der Waals surface area contributed by atoms with Crippen LogP contribution < -0.4 is 11.2 Å². The number of aromatic nitrogens is 4. The first-order valence-electron chi connectivity index (χ1n) is 8.10. The lowest BCUT2D eigenvalue weighted by Gasteiger charge is -2.25. The van der Waals surface area contributed by atoms with E-state index < -0.39 is 5.69 Å². The van der Waals surface area contributed by atoms with Gasteiger partial charge in [-0.05, 0) is 24.1 Å². The summed E-state index contributed by atoms with van der Waals surface area (Å²) in [7, 11) is 4.38. The lowest BCUT2D eigenvalue weighted by Crippen LogP contribution is -2.44. The maximum atomic E-state index is 13.0. The number of hydrogen-bond donors (Lipinski definition) is 2. The molecule has 2 heterocycles. The fourth-order valence-electron chi connectivity index (χ4n) is 2.93. The number of halogens is 1. The molecule has 0 spiro atoms. The zero-order valence-electron chi connectivity index (χ0n) is 15.0. The highest BCUT2D eigenvalue weighted by molar-refractivity contribution is 5.73. The van der Waals surface area contributed by atoms with Crippen LogP contribution in [0.2, 0.25) is 0 Å². The van der Waals surface area contributed by atoms with Crippen molar-refractivity contribution < 1.29 is 16.0 Å². The van der Waals surface area contributed by atoms with Gasteiger partial charge in [0.25, 0.3) is 5.56 Å². The van der Waals surface area contributed by atoms with Crippen molar-refractivity contribution in [3.05, 3.63) is 56.5 Å². The van der Waals surface area contributed by atoms with Crippen LogP contribution in [0.15, 0.2) is 33.9 Å². The first-order valence-corrected chi connectivity index (χ1v) is 8.10. The number of nitrogens with zero attached hydrogens (tertiary/aromatic N) is 4. The summed E-state index contributed by atoms with van der Waals surface area (Å²) in [6.45, 7) is 0.479. The molecule has 2 N–H and O–H groups in total. The Hall–Kier alpha value is -2.65. The normalized spacial score (nSPS) is 10.8. The van der Waals surface area contributed by atoms with Crippen molar-refractivity contribution in [1.29, 1.82) is 0 Å². The first-order chi connectivity index (χ1) is 12.5. The minimum atomic E-state index is -0.402. The molecule has 26 heavy (non-hydrogen) atoms. The van der Waals surface area contributed by atoms with E-state index in [0.717, 1.165) is 17.2 Å². The predicted molar refractivity (Wildman–Crippen MR) is 97.9 cm³/mol. The Kier molecular flexibility index (Phi) is 6.17. The Balaban J connectivity index is 0.00000118. The summed E-state index contributed by atoms with van der Waals surface area (Å²) < 4.78 is 19.1. The number of aryl methyl sites for hydroxylation is 2. The molecule has 0 bridgehead atoms. The summed E-state index contributed by atoms with van der Waals surface area (Å²) >= 11 is 0. The number of aliphatic hydroxyl groups excluding tert-OH is 2. The monoisotopic (exact) mass is 368 g/mol. The van der Waals surface area contributed by atoms with Crippen molar-refractivity contribution in [2.75, 3.05) is 13.7 Å². The maximum Gasteiger partial charge on any atom is 0.332 e. The Labute approximate surface area is 150 Å². The van der Waals surface area contributed by atoms with Gasteiger partial charge in [-0.25, -0.2) is 9.18 Å². The van der Waals surface area contributed by atoms with Gasteiger partial charge in [-0.15, -0.1) is 0 Å². The second-order valence-electron chi connectivity index (χ2n) is 5.76. The fraction of sp³-hybridized carbons (Fsp3) is 0.412. The van der Waals surface area contributed by atoms with Crippen LogP contribution in [0.4, 0.5) is 4.39 Å². The molecule has 2 aromatic heterocycles. The van der Waals surface area contributed by atoms with Gasteiger partial charge < -0.3 is 10.2 Å². The zero-order valence-corrected chi connectivity index (χ0v) is 15.0. The molecular formula is C17H25FN4O4. The van der Waals surface area contributed by atoms with Gasteiger partial charge in [0.15, 0.2) is 11.2 Å². The summed E-state index contributed by atoms with van der Waals surface area (Å²) in [6, 6.07) is 6.06. The van der Waals surface area contributed by atoms with E-state index in [4.69, 9.17) is 10.2 Å². The van der Waals surface area contributed by atoms with Gasteiger partial charge in [0.1, 0.15) is 5.82 Å². The summed E-state index contributed by atoms with van der Waals surface area (Å²) in [5.74, 6) is -0.315. The minimum absolute atomic E-state index is 0. The van der Waals surface area contributed by atoms with Crippen molar-refractivity contribution in [3.8, 4) is 0 Å². The zero-order chi connectivity index (χ0) is 19.4. The average Bonchev–Trinajstić information content (AvgIpc) is 2.65. The molecule has 0 amide bonds. The third-order valence-corrected chi connectivity index (χ3v) is 4.21. The standard InChI is InChI=1S/C16H19FN4O3.CH4O.H2/c1-18-14-13(15(23)20(16(18)24)8-3-9-22)21(19(14)2)10-11-4-6-12(17)7-5-11;1-2;/h4-7,22H,3,8-10H2,1-2H3;2H,1H3;1H. The van der Waals surface area contributed by atoms with Gasteiger partial charge in [-0.1, -0.05) is 12.1 Å². The maximum absolute atomic E-state index is 13.0. The Morgan fingerprint density at radius 3 is 2.31 bits per heavy atom. The van der Waals surface area contributed by atoms with Crippen molar-refractivity contribution in [1.82, 2.24) is 18.5 Å². The Morgan fingerprint density at radius 1 is 1.12 bits per heavy atom. The molecule has 1 aromatic carbocycles. The molecule has 3 aromatic rings. The lowest BCUT2D eigenvalue weighted by molar-refractivity contribution is 0.277. The van der Waals surface area contributed by atoms with Crippen LogP contribution >= 0.6 is 0 Å². The highest BCUT2D eigenvalue weighted by Gasteiger charge is 2.21. The summed E-state index contributed by atoms with van der Waals surface area (Å²) in [6.07, 6.45) is 0.335. The Morgan fingerprint density at radius 2 is 1.73 bits per heavy atom. The fourth-order valence-corrected chi connectivity index (χ4v) is 2.93. The molecule has 0 aliphatic heterocycles. The molecule has 0 aliphatic rings. The molecular weight excluding hydrogens is 343 g/mol. The summed E-state index contributed by atoms with van der Waals surface area (Å²) in [5.41, 5.74) is 1.06. The van der Waals surface area contributed by atoms with Crippen molar-refractivity contribution >= 4 is 11.2 Å². The average molecular weight is 368 g/mol. The highest BCUT2D eigenvalue weighted by atomic mass is 19.1. The number of aliphatic hydroxyl groups is 2. The predicted octanol–water partition coefficient (Wildman–Crippen LogP) is 0.265. The van der Waals surface area contributed by atoms with Crippen LogP contribution in [-0.2, 0) is 27.2 Å². The molecule has 0 saturated carbocycles. The Bertz CT molecular complexity index is 1000. The third-order valence-electron chi connectivity index (χ3n) is 4.21. The van der Waals surface area contributed by atoms with Gasteiger partial charge in [-0.3, -0.25) is 23.3 Å². The summed E-state index contributed by atoms with van der Waals surface area (Å²) in [5, 5.41) is 16.0. The molecule has 0 radical (unpaired) electrons. The van der Waals surface area contributed by atoms with E-state index in [0.29, 0.717) is 24.1 Å². The van der Waals surface area contributed by atoms with Crippen molar-refractivity contribution in [2.24, 2.45) is 14.1 Å². The number of benzene rings is 1. The van der Waals surface area contributed by atoms with Crippen LogP contribution in [0.1, 0.15) is 13.4 Å². The molecule has 0 unspecified atom stereocenters. The van der Waals surface area contributed by atoms with Crippen LogP contribution in [0.3, 0.4) is 0 Å². The van der Waals surface area contributed by atoms with Crippen LogP contribution in [0, 0.1) is 5.82 Å². The molecule has 0 aliphatic carbocycles. The quantitative estimate of drug-likeness (QED) is 0.676. The second-order valence-corrected chi connectivity index (χ2v) is 5.76. The molecule has 3 rings (SSSR count). The van der Waals surface area contributed by atoms with Gasteiger partial charge >= 0.3 is 5.69 Å². The van der Waals surface area contributed by atoms with Gasteiger partial charge in [0, 0.05) is 35.8 Å². The SMILES string of the molecule is CO.Cn1c(=O)n(CCCO)c(=O)c2c1n(C)n2Cc1ccc(F)cc1.[HH]. The molecule has 144 valence electrons. The van der Waals surface area contributed by atoms with Gasteiger partial charge in [0.2, 0.25) is 0 Å². The number of fused-ring (bicyclic) bond motifs is 1. The van der Waals surface area contributed by atoms with E-state index in [2.05, 4.69) is 0 Å². The van der Waals surface area contributed by atoms with Gasteiger partial charge in [0.05, 0.1) is 6.54 Å². The molecule has 0 atom stereocenters. The second kappa shape index (κ2) is 8.15. The largest absolute Gasteiger partial charge is 0.400 e. The van der Waals surface area contributed by atoms with Crippen molar-refractivity contribution in [3.63, 3.8) is 0 Å². The van der Waals surface area contributed by atoms with E-state index >= 15 is 0 Å². The van der Waals surface area contributed by atoms with E-state index in [1.165, 1.54) is 16.7 Å². The van der Waals surface area contributed by atoms with Crippen molar-refractivity contribution in [2.45, 2.75) is 19.5 Å². The number of hydrogen-bond acceptors (Lipinski definition) is 4. The minimum Gasteiger partial charge on any atom is -0.400 e. The molecule has 9 heteroatoms. The summed E-state index contributed by atoms with van der Waals surface area (Å²) in [4.78, 5) is 25.0. The molecule has 8 nitrogen and oxygen atoms in total. The lowest BCUT2D eigenvalue weighted by atomic mass is 10.2. The third kappa shape index (κ3) is 3.35.